The summed E-state index contributed by atoms with van der Waals surface area (Å²) in [6.07, 6.45) is 2.03. The van der Waals surface area contributed by atoms with E-state index in [1.165, 1.54) is 11.3 Å². The van der Waals surface area contributed by atoms with Crippen molar-refractivity contribution in [3.8, 4) is 0 Å². The first-order chi connectivity index (χ1) is 12.2. The van der Waals surface area contributed by atoms with Crippen molar-refractivity contribution >= 4 is 29.2 Å². The minimum atomic E-state index is -0.339. The number of nitrogens with zero attached hydrogens (tertiary/aromatic N) is 4. The van der Waals surface area contributed by atoms with E-state index in [-0.39, 0.29) is 24.6 Å². The number of fused-ring (bicyclic) bond motifs is 1. The maximum Gasteiger partial charge on any atom is 0.410 e. The Labute approximate surface area is 148 Å². The van der Waals surface area contributed by atoms with Crippen molar-refractivity contribution in [2.75, 3.05) is 32.8 Å². The van der Waals surface area contributed by atoms with Crippen LogP contribution >= 0.6 is 11.3 Å². The first-order valence-electron chi connectivity index (χ1n) is 8.23. The topological polar surface area (TPSA) is 84.3 Å². The van der Waals surface area contributed by atoms with E-state index >= 15 is 0 Å². The van der Waals surface area contributed by atoms with Crippen LogP contribution in [0.5, 0.6) is 0 Å². The van der Waals surface area contributed by atoms with E-state index in [2.05, 4.69) is 9.98 Å². The Bertz CT molecular complexity index is 758. The second-order valence-electron chi connectivity index (χ2n) is 5.90. The maximum absolute atomic E-state index is 12.3. The van der Waals surface area contributed by atoms with Gasteiger partial charge in [0.25, 0.3) is 0 Å². The van der Waals surface area contributed by atoms with E-state index < -0.39 is 0 Å². The summed E-state index contributed by atoms with van der Waals surface area (Å²) >= 11 is 1.50. The molecule has 1 unspecified atom stereocenters. The number of rotatable bonds is 4. The lowest BCUT2D eigenvalue weighted by Crippen LogP contribution is -2.40. The molecule has 3 aliphatic rings. The van der Waals surface area contributed by atoms with Gasteiger partial charge in [-0.25, -0.2) is 14.6 Å². The minimum absolute atomic E-state index is 0.0438. The lowest BCUT2D eigenvalue weighted by molar-refractivity contribution is -0.138. The summed E-state index contributed by atoms with van der Waals surface area (Å²) in [5.41, 5.74) is 1.44. The SMILES string of the molecule is CCOC(=O)C1=C2CC(N3CCOC3=O)CN2C(c2nccs2)=NC1. The van der Waals surface area contributed by atoms with Crippen molar-refractivity contribution in [1.82, 2.24) is 14.8 Å². The lowest BCUT2D eigenvalue weighted by atomic mass is 10.1. The van der Waals surface area contributed by atoms with Crippen LogP contribution in [0.2, 0.25) is 0 Å². The molecule has 4 rings (SSSR count). The van der Waals surface area contributed by atoms with Gasteiger partial charge in [-0.3, -0.25) is 9.89 Å². The number of hydrogen-bond donors (Lipinski definition) is 0. The predicted octanol–water partition coefficient (Wildman–Crippen LogP) is 1.25. The quantitative estimate of drug-likeness (QED) is 0.750. The summed E-state index contributed by atoms with van der Waals surface area (Å²) in [4.78, 5) is 36.9. The van der Waals surface area contributed by atoms with Gasteiger partial charge in [0, 0.05) is 30.2 Å². The first-order valence-corrected chi connectivity index (χ1v) is 9.11. The highest BCUT2D eigenvalue weighted by atomic mass is 32.1. The zero-order valence-corrected chi connectivity index (χ0v) is 14.6. The Morgan fingerprint density at radius 3 is 3.08 bits per heavy atom. The standard InChI is InChI=1S/C16H18N4O4S/c1-2-23-15(21)11-8-18-13(14-17-3-6-25-14)20-9-10(7-12(11)20)19-4-5-24-16(19)22/h3,6,10H,2,4-5,7-9H2,1H3. The van der Waals surface area contributed by atoms with Crippen molar-refractivity contribution in [1.29, 1.82) is 0 Å². The molecule has 0 aromatic carbocycles. The van der Waals surface area contributed by atoms with Gasteiger partial charge in [-0.05, 0) is 6.92 Å². The molecule has 0 aliphatic carbocycles. The van der Waals surface area contributed by atoms with Crippen LogP contribution < -0.4 is 0 Å². The molecule has 0 radical (unpaired) electrons. The van der Waals surface area contributed by atoms with E-state index in [1.807, 2.05) is 10.3 Å². The number of cyclic esters (lactones) is 1. The third-order valence-electron chi connectivity index (χ3n) is 4.52. The van der Waals surface area contributed by atoms with Crippen molar-refractivity contribution in [2.45, 2.75) is 19.4 Å². The van der Waals surface area contributed by atoms with Crippen LogP contribution in [0.1, 0.15) is 18.4 Å². The van der Waals surface area contributed by atoms with Crippen LogP contribution in [0.3, 0.4) is 0 Å². The second kappa shape index (κ2) is 6.47. The van der Waals surface area contributed by atoms with Gasteiger partial charge in [-0.1, -0.05) is 0 Å². The number of amidine groups is 1. The monoisotopic (exact) mass is 362 g/mol. The third-order valence-corrected chi connectivity index (χ3v) is 5.29. The van der Waals surface area contributed by atoms with Crippen molar-refractivity contribution in [2.24, 2.45) is 4.99 Å². The van der Waals surface area contributed by atoms with Gasteiger partial charge < -0.3 is 14.4 Å². The average Bonchev–Trinajstić information content (AvgIpc) is 3.34. The summed E-state index contributed by atoms with van der Waals surface area (Å²) in [7, 11) is 0. The minimum Gasteiger partial charge on any atom is -0.463 e. The van der Waals surface area contributed by atoms with Crippen LogP contribution in [-0.4, -0.2) is 71.6 Å². The predicted molar refractivity (Wildman–Crippen MR) is 90.3 cm³/mol. The number of ether oxygens (including phenoxy) is 2. The number of esters is 1. The van der Waals surface area contributed by atoms with E-state index in [9.17, 15) is 9.59 Å². The third kappa shape index (κ3) is 2.78. The smallest absolute Gasteiger partial charge is 0.410 e. The molecule has 0 spiro atoms. The van der Waals surface area contributed by atoms with E-state index in [1.54, 1.807) is 18.0 Å². The Kier molecular flexibility index (Phi) is 4.16. The highest BCUT2D eigenvalue weighted by Crippen LogP contribution is 2.34. The molecule has 1 atom stereocenters. The molecule has 1 aromatic rings. The molecule has 9 heteroatoms. The molecule has 0 N–H and O–H groups in total. The zero-order valence-electron chi connectivity index (χ0n) is 13.8. The maximum atomic E-state index is 12.3. The van der Waals surface area contributed by atoms with Crippen LogP contribution in [-0.2, 0) is 14.3 Å². The molecule has 4 heterocycles. The van der Waals surface area contributed by atoms with Gasteiger partial charge >= 0.3 is 12.1 Å². The highest BCUT2D eigenvalue weighted by molar-refractivity contribution is 7.11. The lowest BCUT2D eigenvalue weighted by Gasteiger charge is -2.27. The Balaban J connectivity index is 1.67. The molecule has 2 saturated heterocycles. The Hall–Kier alpha value is -2.42. The molecule has 132 valence electrons. The number of aromatic nitrogens is 1. The molecule has 0 saturated carbocycles. The molecule has 8 nitrogen and oxygen atoms in total. The fraction of sp³-hybridized carbons (Fsp3) is 0.500. The molecule has 1 aromatic heterocycles. The summed E-state index contributed by atoms with van der Waals surface area (Å²) in [5.74, 6) is 0.419. The largest absolute Gasteiger partial charge is 0.463 e. The van der Waals surface area contributed by atoms with Gasteiger partial charge in [0.1, 0.15) is 6.61 Å². The Morgan fingerprint density at radius 1 is 1.52 bits per heavy atom. The second-order valence-corrected chi connectivity index (χ2v) is 6.79. The summed E-state index contributed by atoms with van der Waals surface area (Å²) in [5, 5.41) is 2.71. The summed E-state index contributed by atoms with van der Waals surface area (Å²) in [6.45, 7) is 3.93. The summed E-state index contributed by atoms with van der Waals surface area (Å²) in [6, 6.07) is -0.0438. The van der Waals surface area contributed by atoms with E-state index in [0.717, 1.165) is 16.5 Å². The molecular formula is C16H18N4O4S. The number of amides is 1. The van der Waals surface area contributed by atoms with Crippen LogP contribution in [0.25, 0.3) is 0 Å². The van der Waals surface area contributed by atoms with Crippen LogP contribution in [0.4, 0.5) is 4.79 Å². The fourth-order valence-electron chi connectivity index (χ4n) is 3.41. The molecule has 1 amide bonds. The molecule has 2 fully saturated rings. The van der Waals surface area contributed by atoms with Crippen LogP contribution in [0, 0.1) is 0 Å². The van der Waals surface area contributed by atoms with E-state index in [4.69, 9.17) is 9.47 Å². The van der Waals surface area contributed by atoms with Gasteiger partial charge in [-0.2, -0.15) is 0 Å². The van der Waals surface area contributed by atoms with Gasteiger partial charge in [-0.15, -0.1) is 11.3 Å². The molecular weight excluding hydrogens is 344 g/mol. The number of carbonyl (C=O) groups is 2. The number of hydrogen-bond acceptors (Lipinski definition) is 8. The molecule has 25 heavy (non-hydrogen) atoms. The first kappa shape index (κ1) is 16.1. The molecule has 3 aliphatic heterocycles. The van der Waals surface area contributed by atoms with Gasteiger partial charge in [0.05, 0.1) is 31.3 Å². The zero-order chi connectivity index (χ0) is 17.4. The van der Waals surface area contributed by atoms with Crippen molar-refractivity contribution in [3.63, 3.8) is 0 Å². The fourth-order valence-corrected chi connectivity index (χ4v) is 4.07. The summed E-state index contributed by atoms with van der Waals surface area (Å²) < 4.78 is 10.2. The van der Waals surface area contributed by atoms with Crippen LogP contribution in [0.15, 0.2) is 27.8 Å². The number of carbonyl (C=O) groups excluding carboxylic acids is 2. The number of thiazole rings is 1. The normalized spacial score (nSPS) is 22.8. The van der Waals surface area contributed by atoms with Crippen molar-refractivity contribution < 1.29 is 19.1 Å². The number of aliphatic imine (C=N–C) groups is 1. The highest BCUT2D eigenvalue weighted by Gasteiger charge is 2.42. The average molecular weight is 362 g/mol. The van der Waals surface area contributed by atoms with Crippen molar-refractivity contribution in [3.05, 3.63) is 27.9 Å². The Morgan fingerprint density at radius 2 is 2.40 bits per heavy atom. The van der Waals surface area contributed by atoms with E-state index in [0.29, 0.717) is 38.3 Å². The van der Waals surface area contributed by atoms with Gasteiger partial charge in [0.2, 0.25) is 0 Å². The molecule has 0 bridgehead atoms. The van der Waals surface area contributed by atoms with Gasteiger partial charge in [0.15, 0.2) is 10.8 Å².